The van der Waals surface area contributed by atoms with E-state index in [1.165, 1.54) is 19.3 Å². The summed E-state index contributed by atoms with van der Waals surface area (Å²) in [6.07, 6.45) is 8.46. The van der Waals surface area contributed by atoms with Crippen LogP contribution in [0.1, 0.15) is 53.9 Å². The lowest BCUT2D eigenvalue weighted by Gasteiger charge is -2.25. The summed E-state index contributed by atoms with van der Waals surface area (Å²) in [6.45, 7) is 11.3. The molecule has 0 aromatic heterocycles. The van der Waals surface area contributed by atoms with Crippen LogP contribution < -0.4 is 0 Å². The van der Waals surface area contributed by atoms with Crippen molar-refractivity contribution in [2.45, 2.75) is 53.9 Å². The second-order valence-corrected chi connectivity index (χ2v) is 4.44. The van der Waals surface area contributed by atoms with E-state index in [1.54, 1.807) is 0 Å². The Morgan fingerprint density at radius 2 is 1.92 bits per heavy atom. The van der Waals surface area contributed by atoms with Gasteiger partial charge < -0.3 is 0 Å². The maximum absolute atomic E-state index is 2.36. The third-order valence-electron chi connectivity index (χ3n) is 2.67. The van der Waals surface area contributed by atoms with Crippen LogP contribution in [-0.2, 0) is 0 Å². The molecule has 0 saturated heterocycles. The zero-order chi connectivity index (χ0) is 9.61. The van der Waals surface area contributed by atoms with Crippen molar-refractivity contribution in [3.05, 3.63) is 12.2 Å². The van der Waals surface area contributed by atoms with Crippen molar-refractivity contribution in [3.63, 3.8) is 0 Å². The zero-order valence-corrected chi connectivity index (χ0v) is 9.35. The Hall–Kier alpha value is -0.260. The topological polar surface area (TPSA) is 0 Å². The summed E-state index contributed by atoms with van der Waals surface area (Å²) in [6, 6.07) is 0. The van der Waals surface area contributed by atoms with Crippen LogP contribution in [0.3, 0.4) is 0 Å². The molecule has 72 valence electrons. The fourth-order valence-electron chi connectivity index (χ4n) is 1.40. The van der Waals surface area contributed by atoms with E-state index in [-0.39, 0.29) is 0 Å². The molecule has 0 nitrogen and oxygen atoms in total. The van der Waals surface area contributed by atoms with Gasteiger partial charge in [-0.25, -0.2) is 0 Å². The van der Waals surface area contributed by atoms with Gasteiger partial charge in [0.25, 0.3) is 0 Å². The molecule has 0 saturated carbocycles. The summed E-state index contributed by atoms with van der Waals surface area (Å²) in [4.78, 5) is 0. The fraction of sp³-hybridized carbons (Fsp3) is 0.833. The molecular weight excluding hydrogens is 144 g/mol. The van der Waals surface area contributed by atoms with Gasteiger partial charge in [-0.05, 0) is 31.1 Å². The molecule has 0 N–H and O–H groups in total. The quantitative estimate of drug-likeness (QED) is 0.533. The third-order valence-corrected chi connectivity index (χ3v) is 2.67. The Balaban J connectivity index is 3.96. The SMILES string of the molecule is CC=CC(C)(CC)CCC(C)C. The van der Waals surface area contributed by atoms with Crippen LogP contribution in [0.15, 0.2) is 12.2 Å². The van der Waals surface area contributed by atoms with Gasteiger partial charge in [0.1, 0.15) is 0 Å². The lowest BCUT2D eigenvalue weighted by molar-refractivity contribution is 0.339. The van der Waals surface area contributed by atoms with Crippen molar-refractivity contribution in [1.82, 2.24) is 0 Å². The molecule has 1 unspecified atom stereocenters. The second kappa shape index (κ2) is 5.40. The fourth-order valence-corrected chi connectivity index (χ4v) is 1.40. The molecule has 12 heavy (non-hydrogen) atoms. The van der Waals surface area contributed by atoms with Gasteiger partial charge in [-0.2, -0.15) is 0 Å². The van der Waals surface area contributed by atoms with Crippen molar-refractivity contribution in [3.8, 4) is 0 Å². The highest BCUT2D eigenvalue weighted by atomic mass is 14.2. The van der Waals surface area contributed by atoms with E-state index in [2.05, 4.69) is 46.8 Å². The molecule has 0 heteroatoms. The molecule has 0 aliphatic rings. The molecule has 0 aliphatic carbocycles. The first-order valence-corrected chi connectivity index (χ1v) is 5.18. The van der Waals surface area contributed by atoms with E-state index in [1.807, 2.05) is 0 Å². The molecule has 0 amide bonds. The standard InChI is InChI=1S/C12H24/c1-6-9-12(5,7-2)10-8-11(3)4/h6,9,11H,7-8,10H2,1-5H3. The normalized spacial score (nSPS) is 17.2. The Kier molecular flexibility index (Phi) is 5.28. The lowest BCUT2D eigenvalue weighted by Crippen LogP contribution is -2.12. The van der Waals surface area contributed by atoms with E-state index in [9.17, 15) is 0 Å². The maximum atomic E-state index is 2.36. The molecular formula is C12H24. The molecule has 0 fully saturated rings. The first kappa shape index (κ1) is 11.7. The van der Waals surface area contributed by atoms with E-state index in [0.29, 0.717) is 5.41 Å². The molecule has 0 heterocycles. The van der Waals surface area contributed by atoms with E-state index >= 15 is 0 Å². The molecule has 0 aromatic rings. The van der Waals surface area contributed by atoms with Crippen LogP contribution in [-0.4, -0.2) is 0 Å². The molecule has 0 rings (SSSR count). The van der Waals surface area contributed by atoms with Crippen LogP contribution in [0.25, 0.3) is 0 Å². The third kappa shape index (κ3) is 4.58. The number of hydrogen-bond acceptors (Lipinski definition) is 0. The minimum absolute atomic E-state index is 0.443. The van der Waals surface area contributed by atoms with Gasteiger partial charge in [0.15, 0.2) is 0 Å². The largest absolute Gasteiger partial charge is 0.0911 e. The number of rotatable bonds is 5. The zero-order valence-electron chi connectivity index (χ0n) is 9.35. The summed E-state index contributed by atoms with van der Waals surface area (Å²) in [5.74, 6) is 0.834. The van der Waals surface area contributed by atoms with E-state index < -0.39 is 0 Å². The van der Waals surface area contributed by atoms with Gasteiger partial charge in [0.05, 0.1) is 0 Å². The van der Waals surface area contributed by atoms with Crippen LogP contribution in [0.5, 0.6) is 0 Å². The molecule has 0 aromatic carbocycles. The highest BCUT2D eigenvalue weighted by Crippen LogP contribution is 2.30. The monoisotopic (exact) mass is 168 g/mol. The van der Waals surface area contributed by atoms with Gasteiger partial charge in [-0.15, -0.1) is 0 Å². The van der Waals surface area contributed by atoms with Crippen LogP contribution in [0.4, 0.5) is 0 Å². The predicted octanol–water partition coefficient (Wildman–Crippen LogP) is 4.42. The average Bonchev–Trinajstić information content (AvgIpc) is 2.02. The molecule has 0 spiro atoms. The molecule has 1 atom stereocenters. The van der Waals surface area contributed by atoms with Crippen LogP contribution in [0.2, 0.25) is 0 Å². The van der Waals surface area contributed by atoms with Gasteiger partial charge in [0.2, 0.25) is 0 Å². The minimum Gasteiger partial charge on any atom is -0.0911 e. The van der Waals surface area contributed by atoms with Gasteiger partial charge >= 0.3 is 0 Å². The van der Waals surface area contributed by atoms with Crippen LogP contribution in [0, 0.1) is 11.3 Å². The van der Waals surface area contributed by atoms with Crippen molar-refractivity contribution in [2.75, 3.05) is 0 Å². The van der Waals surface area contributed by atoms with E-state index in [0.717, 1.165) is 5.92 Å². The van der Waals surface area contributed by atoms with Crippen molar-refractivity contribution >= 4 is 0 Å². The Labute approximate surface area is 78.1 Å². The summed E-state index contributed by atoms with van der Waals surface area (Å²) in [7, 11) is 0. The Bertz CT molecular complexity index is 133. The first-order valence-electron chi connectivity index (χ1n) is 5.18. The minimum atomic E-state index is 0.443. The first-order chi connectivity index (χ1) is 5.54. The maximum Gasteiger partial charge on any atom is -0.0149 e. The van der Waals surface area contributed by atoms with Crippen molar-refractivity contribution in [2.24, 2.45) is 11.3 Å². The lowest BCUT2D eigenvalue weighted by atomic mass is 9.81. The Morgan fingerprint density at radius 3 is 2.25 bits per heavy atom. The predicted molar refractivity (Wildman–Crippen MR) is 57.3 cm³/mol. The smallest absolute Gasteiger partial charge is 0.0149 e. The molecule has 0 aliphatic heterocycles. The Morgan fingerprint density at radius 1 is 1.33 bits per heavy atom. The van der Waals surface area contributed by atoms with Gasteiger partial charge in [-0.1, -0.05) is 46.3 Å². The molecule has 0 radical (unpaired) electrons. The van der Waals surface area contributed by atoms with Crippen LogP contribution >= 0.6 is 0 Å². The van der Waals surface area contributed by atoms with E-state index in [4.69, 9.17) is 0 Å². The summed E-state index contributed by atoms with van der Waals surface area (Å²) in [5.41, 5.74) is 0.443. The van der Waals surface area contributed by atoms with Crippen molar-refractivity contribution < 1.29 is 0 Å². The second-order valence-electron chi connectivity index (χ2n) is 4.44. The van der Waals surface area contributed by atoms with Crippen molar-refractivity contribution in [1.29, 1.82) is 0 Å². The number of allylic oxidation sites excluding steroid dienone is 2. The van der Waals surface area contributed by atoms with Gasteiger partial charge in [0, 0.05) is 0 Å². The summed E-state index contributed by atoms with van der Waals surface area (Å²) in [5, 5.41) is 0. The number of hydrogen-bond donors (Lipinski definition) is 0. The average molecular weight is 168 g/mol. The summed E-state index contributed by atoms with van der Waals surface area (Å²) < 4.78 is 0. The molecule has 0 bridgehead atoms. The van der Waals surface area contributed by atoms with Gasteiger partial charge in [-0.3, -0.25) is 0 Å². The highest BCUT2D eigenvalue weighted by Gasteiger charge is 2.17. The summed E-state index contributed by atoms with van der Waals surface area (Å²) >= 11 is 0. The highest BCUT2D eigenvalue weighted by molar-refractivity contribution is 4.94.